The van der Waals surface area contributed by atoms with Crippen LogP contribution in [-0.4, -0.2) is 24.5 Å². The first-order valence-corrected chi connectivity index (χ1v) is 14.5. The molecule has 0 bridgehead atoms. The van der Waals surface area contributed by atoms with E-state index in [9.17, 15) is 4.79 Å². The van der Waals surface area contributed by atoms with Gasteiger partial charge in [0.2, 0.25) is 5.91 Å². The highest BCUT2D eigenvalue weighted by Gasteiger charge is 2.19. The van der Waals surface area contributed by atoms with Gasteiger partial charge in [0.1, 0.15) is 5.75 Å². The summed E-state index contributed by atoms with van der Waals surface area (Å²) in [7, 11) is 1.02. The van der Waals surface area contributed by atoms with Gasteiger partial charge in [-0.1, -0.05) is 84.9 Å². The lowest BCUT2D eigenvalue weighted by Gasteiger charge is -2.22. The van der Waals surface area contributed by atoms with E-state index in [4.69, 9.17) is 4.74 Å². The number of hydrogen-bond acceptors (Lipinski definition) is 2. The van der Waals surface area contributed by atoms with Gasteiger partial charge in [0.05, 0.1) is 7.11 Å². The fraction of sp³-hybridized carbons (Fsp3) is 0.182. The number of aromatic amines is 1. The molecule has 5 aromatic rings. The van der Waals surface area contributed by atoms with Crippen molar-refractivity contribution in [3.05, 3.63) is 120 Å². The summed E-state index contributed by atoms with van der Waals surface area (Å²) in [4.78, 5) is 16.0. The second-order valence-electron chi connectivity index (χ2n) is 9.31. The van der Waals surface area contributed by atoms with E-state index in [2.05, 4.69) is 95.2 Å². The van der Waals surface area contributed by atoms with E-state index in [0.717, 1.165) is 35.9 Å². The van der Waals surface area contributed by atoms with Gasteiger partial charge in [0, 0.05) is 30.1 Å². The lowest BCUT2D eigenvalue weighted by atomic mass is 10.1. The molecule has 0 aliphatic heterocycles. The normalized spacial score (nSPS) is 10.8. The number of amides is 1. The Kier molecular flexibility index (Phi) is 10.4. The van der Waals surface area contributed by atoms with Crippen LogP contribution < -0.4 is 26.0 Å². The number of hydrogen-bond donors (Lipinski definition) is 2. The summed E-state index contributed by atoms with van der Waals surface area (Å²) < 4.78 is 5.36. The van der Waals surface area contributed by atoms with Crippen molar-refractivity contribution in [2.45, 2.75) is 25.7 Å². The van der Waals surface area contributed by atoms with Gasteiger partial charge in [-0.25, -0.2) is 0 Å². The number of halogens is 1. The summed E-state index contributed by atoms with van der Waals surface area (Å²) >= 11 is 0. The summed E-state index contributed by atoms with van der Waals surface area (Å²) in [5.41, 5.74) is 3.59. The van der Waals surface area contributed by atoms with Crippen LogP contribution in [-0.2, 0) is 17.6 Å². The molecule has 4 nitrogen and oxygen atoms in total. The number of fused-ring (bicyclic) bond motifs is 1. The first-order chi connectivity index (χ1) is 18.7. The minimum absolute atomic E-state index is 0. The van der Waals surface area contributed by atoms with E-state index in [1.165, 1.54) is 27.0 Å². The van der Waals surface area contributed by atoms with Crippen molar-refractivity contribution in [2.75, 3.05) is 13.7 Å². The summed E-state index contributed by atoms with van der Waals surface area (Å²) in [5.74, 6) is 0.944. The molecule has 0 radical (unpaired) electrons. The molecule has 0 spiro atoms. The van der Waals surface area contributed by atoms with Crippen LogP contribution in [0.25, 0.3) is 10.9 Å². The number of aryl methyl sites for hydroxylation is 1. The Morgan fingerprint density at radius 1 is 0.821 bits per heavy atom. The highest BCUT2D eigenvalue weighted by atomic mass is 79.9. The van der Waals surface area contributed by atoms with Crippen molar-refractivity contribution in [3.8, 4) is 5.75 Å². The molecule has 2 N–H and O–H groups in total. The molecule has 0 saturated carbocycles. The molecule has 0 atom stereocenters. The molecule has 39 heavy (non-hydrogen) atoms. The van der Waals surface area contributed by atoms with Crippen LogP contribution in [0.2, 0.25) is 0 Å². The van der Waals surface area contributed by atoms with Crippen LogP contribution in [0.5, 0.6) is 5.75 Å². The smallest absolute Gasteiger partial charge is 0.220 e. The van der Waals surface area contributed by atoms with Gasteiger partial charge in [-0.05, 0) is 72.4 Å². The number of carbonyl (C=O) groups is 1. The van der Waals surface area contributed by atoms with Crippen LogP contribution >= 0.6 is 24.9 Å². The monoisotopic (exact) mass is 600 g/mol. The lowest BCUT2D eigenvalue weighted by molar-refractivity contribution is -0.121. The average Bonchev–Trinajstić information content (AvgIpc) is 3.37. The van der Waals surface area contributed by atoms with Gasteiger partial charge in [-0.15, -0.1) is 17.0 Å². The summed E-state index contributed by atoms with van der Waals surface area (Å²) in [6.07, 6.45) is 5.01. The van der Waals surface area contributed by atoms with Crippen molar-refractivity contribution in [3.63, 3.8) is 0 Å². The Hall–Kier alpha value is -3.40. The van der Waals surface area contributed by atoms with Gasteiger partial charge in [-0.2, -0.15) is 0 Å². The maximum Gasteiger partial charge on any atom is 0.220 e. The van der Waals surface area contributed by atoms with Crippen LogP contribution in [0, 0.1) is 0 Å². The molecular weight excluding hydrogens is 567 g/mol. The molecule has 4 aromatic carbocycles. The van der Waals surface area contributed by atoms with E-state index in [-0.39, 0.29) is 22.9 Å². The summed E-state index contributed by atoms with van der Waals surface area (Å²) in [6, 6.07) is 36.3. The van der Waals surface area contributed by atoms with Crippen molar-refractivity contribution in [1.29, 1.82) is 0 Å². The number of carbonyl (C=O) groups excluding carboxylic acids is 1. The van der Waals surface area contributed by atoms with Gasteiger partial charge in [-0.3, -0.25) is 4.79 Å². The zero-order valence-corrected chi connectivity index (χ0v) is 24.7. The minimum Gasteiger partial charge on any atom is -0.497 e. The van der Waals surface area contributed by atoms with E-state index in [0.29, 0.717) is 13.0 Å². The quantitative estimate of drug-likeness (QED) is 0.178. The highest BCUT2D eigenvalue weighted by molar-refractivity contribution is 8.93. The Balaban J connectivity index is 0.00000353. The molecule has 1 amide bonds. The van der Waals surface area contributed by atoms with Crippen LogP contribution in [0.4, 0.5) is 0 Å². The SMILES string of the molecule is Br.COc1ccc2[nH]cc(CCNC(=O)CCCc3ccccc3P(c3ccccc3)c3ccccc3)c2c1. The standard InChI is InChI=1S/C33H33N2O2P.BrH/c1-37-27-19-20-31-30(23-27)26(24-35-31)21-22-34-33(36)18-10-12-25-11-8-9-17-32(25)38(28-13-4-2-5-14-28)29-15-6-3-7-16-29;/h2-9,11,13-17,19-20,23-24,35H,10,12,18,21-22H2,1H3,(H,34,36);1H. The molecule has 5 rings (SSSR count). The molecule has 0 aliphatic rings. The molecular formula is C33H34BrN2O2P. The molecule has 200 valence electrons. The predicted octanol–water partition coefficient (Wildman–Crippen LogP) is 6.19. The van der Waals surface area contributed by atoms with Gasteiger partial charge in [0.25, 0.3) is 0 Å². The van der Waals surface area contributed by atoms with E-state index < -0.39 is 7.92 Å². The van der Waals surface area contributed by atoms with Gasteiger partial charge >= 0.3 is 0 Å². The van der Waals surface area contributed by atoms with Crippen molar-refractivity contribution in [1.82, 2.24) is 10.3 Å². The Morgan fingerprint density at radius 2 is 1.49 bits per heavy atom. The Labute approximate surface area is 242 Å². The van der Waals surface area contributed by atoms with Gasteiger partial charge < -0.3 is 15.0 Å². The second-order valence-corrected chi connectivity index (χ2v) is 11.5. The van der Waals surface area contributed by atoms with Crippen molar-refractivity contribution < 1.29 is 9.53 Å². The maximum atomic E-state index is 12.7. The fourth-order valence-corrected chi connectivity index (χ4v) is 7.38. The lowest BCUT2D eigenvalue weighted by Crippen LogP contribution is -2.26. The molecule has 6 heteroatoms. The molecule has 1 aromatic heterocycles. The average molecular weight is 602 g/mol. The van der Waals surface area contributed by atoms with E-state index in [1.54, 1.807) is 7.11 Å². The Bertz CT molecular complexity index is 1450. The number of H-pyrrole nitrogens is 1. The first kappa shape index (κ1) is 28.6. The topological polar surface area (TPSA) is 54.1 Å². The molecule has 0 saturated heterocycles. The third kappa shape index (κ3) is 7.17. The van der Waals surface area contributed by atoms with Gasteiger partial charge in [0.15, 0.2) is 0 Å². The number of ether oxygens (including phenoxy) is 1. The zero-order valence-electron chi connectivity index (χ0n) is 22.1. The molecule has 1 heterocycles. The predicted molar refractivity (Wildman–Crippen MR) is 170 cm³/mol. The molecule has 0 aliphatic carbocycles. The third-order valence-electron chi connectivity index (χ3n) is 6.80. The number of benzene rings is 4. The van der Waals surface area contributed by atoms with Crippen LogP contribution in [0.1, 0.15) is 24.0 Å². The molecule has 0 unspecified atom stereocenters. The van der Waals surface area contributed by atoms with E-state index >= 15 is 0 Å². The van der Waals surface area contributed by atoms with Crippen LogP contribution in [0.3, 0.4) is 0 Å². The fourth-order valence-electron chi connectivity index (χ4n) is 4.88. The number of methoxy groups -OCH3 is 1. The maximum absolute atomic E-state index is 12.7. The summed E-state index contributed by atoms with van der Waals surface area (Å²) in [5, 5.41) is 8.31. The zero-order chi connectivity index (χ0) is 26.2. The van der Waals surface area contributed by atoms with E-state index in [1.807, 2.05) is 24.4 Å². The second kappa shape index (κ2) is 14.1. The third-order valence-corrected chi connectivity index (χ3v) is 9.35. The molecule has 0 fully saturated rings. The number of rotatable bonds is 11. The Morgan fingerprint density at radius 3 is 2.18 bits per heavy atom. The van der Waals surface area contributed by atoms with Crippen LogP contribution in [0.15, 0.2) is 109 Å². The summed E-state index contributed by atoms with van der Waals surface area (Å²) in [6.45, 7) is 0.618. The van der Waals surface area contributed by atoms with Crippen molar-refractivity contribution >= 4 is 57.6 Å². The number of aromatic nitrogens is 1. The largest absolute Gasteiger partial charge is 0.497 e. The number of nitrogens with one attached hydrogen (secondary N) is 2. The highest BCUT2D eigenvalue weighted by Crippen LogP contribution is 2.34. The first-order valence-electron chi connectivity index (χ1n) is 13.1. The van der Waals surface area contributed by atoms with Crippen molar-refractivity contribution in [2.24, 2.45) is 0 Å². The minimum atomic E-state index is -0.660.